The minimum absolute atomic E-state index is 0.0949. The molecule has 2 aromatic rings. The van der Waals surface area contributed by atoms with E-state index in [0.717, 1.165) is 16.7 Å². The van der Waals surface area contributed by atoms with E-state index in [9.17, 15) is 14.0 Å². The van der Waals surface area contributed by atoms with E-state index in [1.165, 1.54) is 12.1 Å². The average molecular weight is 389 g/mol. The van der Waals surface area contributed by atoms with Crippen molar-refractivity contribution in [3.63, 3.8) is 0 Å². The Kier molecular flexibility index (Phi) is 5.80. The number of carbonyl (C=O) groups is 2. The van der Waals surface area contributed by atoms with Gasteiger partial charge in [0.15, 0.2) is 0 Å². The second-order valence-corrected chi connectivity index (χ2v) is 7.39. The van der Waals surface area contributed by atoms with Crippen LogP contribution in [0.4, 0.5) is 10.1 Å². The van der Waals surface area contributed by atoms with Crippen molar-refractivity contribution < 1.29 is 14.0 Å². The van der Waals surface area contributed by atoms with Crippen molar-refractivity contribution in [3.8, 4) is 0 Å². The lowest BCUT2D eigenvalue weighted by Gasteiger charge is -2.21. The van der Waals surface area contributed by atoms with Crippen molar-refractivity contribution in [1.29, 1.82) is 0 Å². The summed E-state index contributed by atoms with van der Waals surface area (Å²) in [6.45, 7) is 4.63. The van der Waals surface area contributed by atoms with Crippen molar-refractivity contribution in [1.82, 2.24) is 5.32 Å². The summed E-state index contributed by atoms with van der Waals surface area (Å²) in [5, 5.41) is 3.40. The number of hydrogen-bond donors (Lipinski definition) is 1. The van der Waals surface area contributed by atoms with Crippen LogP contribution in [0, 0.1) is 25.6 Å². The molecule has 2 aromatic carbocycles. The van der Waals surface area contributed by atoms with Gasteiger partial charge in [0, 0.05) is 19.5 Å². The largest absolute Gasteiger partial charge is 0.355 e. The Hall–Kier alpha value is -2.40. The van der Waals surface area contributed by atoms with Crippen LogP contribution < -0.4 is 10.2 Å². The van der Waals surface area contributed by atoms with Gasteiger partial charge in [-0.25, -0.2) is 4.39 Å². The summed E-state index contributed by atoms with van der Waals surface area (Å²) >= 11 is 6.35. The van der Waals surface area contributed by atoms with Gasteiger partial charge in [0.1, 0.15) is 5.82 Å². The van der Waals surface area contributed by atoms with E-state index in [-0.39, 0.29) is 24.1 Å². The van der Waals surface area contributed by atoms with E-state index < -0.39 is 5.92 Å². The summed E-state index contributed by atoms with van der Waals surface area (Å²) in [5.74, 6) is -0.920. The van der Waals surface area contributed by atoms with Crippen LogP contribution in [0.2, 0.25) is 5.02 Å². The van der Waals surface area contributed by atoms with Crippen LogP contribution in [0.5, 0.6) is 0 Å². The standard InChI is InChI=1S/C21H22ClFN2O2/c1-13-9-14(2)20(18(22)10-13)25-12-16(11-19(25)26)21(27)24-8-7-15-3-5-17(23)6-4-15/h3-6,9-10,16H,7-8,11-12H2,1-2H3,(H,24,27). The van der Waals surface area contributed by atoms with E-state index in [2.05, 4.69) is 5.32 Å². The monoisotopic (exact) mass is 388 g/mol. The fraction of sp³-hybridized carbons (Fsp3) is 0.333. The van der Waals surface area contributed by atoms with E-state index in [0.29, 0.717) is 30.2 Å². The van der Waals surface area contributed by atoms with Gasteiger partial charge in [-0.3, -0.25) is 9.59 Å². The van der Waals surface area contributed by atoms with Gasteiger partial charge in [-0.2, -0.15) is 0 Å². The van der Waals surface area contributed by atoms with Crippen molar-refractivity contribution >= 4 is 29.1 Å². The quantitative estimate of drug-likeness (QED) is 0.846. The maximum absolute atomic E-state index is 12.9. The molecule has 0 bridgehead atoms. The van der Waals surface area contributed by atoms with Gasteiger partial charge in [0.25, 0.3) is 0 Å². The molecule has 1 atom stereocenters. The molecule has 1 fully saturated rings. The highest BCUT2D eigenvalue weighted by Gasteiger charge is 2.36. The molecular weight excluding hydrogens is 367 g/mol. The zero-order valence-electron chi connectivity index (χ0n) is 15.4. The Balaban J connectivity index is 1.60. The van der Waals surface area contributed by atoms with Crippen LogP contribution in [0.15, 0.2) is 36.4 Å². The number of aryl methyl sites for hydroxylation is 2. The highest BCUT2D eigenvalue weighted by atomic mass is 35.5. The SMILES string of the molecule is Cc1cc(C)c(N2CC(C(=O)NCCc3ccc(F)cc3)CC2=O)c(Cl)c1. The topological polar surface area (TPSA) is 49.4 Å². The number of rotatable bonds is 5. The highest BCUT2D eigenvalue weighted by Crippen LogP contribution is 2.35. The van der Waals surface area contributed by atoms with Gasteiger partial charge in [-0.05, 0) is 55.2 Å². The Morgan fingerprint density at radius 3 is 2.63 bits per heavy atom. The molecular formula is C21H22ClFN2O2. The number of halogens is 2. The van der Waals surface area contributed by atoms with Gasteiger partial charge >= 0.3 is 0 Å². The van der Waals surface area contributed by atoms with E-state index in [1.54, 1.807) is 17.0 Å². The maximum atomic E-state index is 12.9. The molecule has 142 valence electrons. The third-order valence-corrected chi connectivity index (χ3v) is 5.08. The van der Waals surface area contributed by atoms with E-state index >= 15 is 0 Å². The maximum Gasteiger partial charge on any atom is 0.227 e. The van der Waals surface area contributed by atoms with Crippen LogP contribution in [0.25, 0.3) is 0 Å². The number of carbonyl (C=O) groups excluding carboxylic acids is 2. The Morgan fingerprint density at radius 2 is 1.96 bits per heavy atom. The number of nitrogens with zero attached hydrogens (tertiary/aromatic N) is 1. The third kappa shape index (κ3) is 4.48. The van der Waals surface area contributed by atoms with Gasteiger partial charge in [-0.15, -0.1) is 0 Å². The minimum Gasteiger partial charge on any atom is -0.355 e. The summed E-state index contributed by atoms with van der Waals surface area (Å²) in [7, 11) is 0. The van der Waals surface area contributed by atoms with Crippen molar-refractivity contribution in [2.45, 2.75) is 26.7 Å². The van der Waals surface area contributed by atoms with Gasteiger partial charge in [0.2, 0.25) is 11.8 Å². The molecule has 1 N–H and O–H groups in total. The summed E-state index contributed by atoms with van der Waals surface area (Å²) in [4.78, 5) is 26.5. The first-order valence-corrected chi connectivity index (χ1v) is 9.32. The fourth-order valence-corrected chi connectivity index (χ4v) is 3.90. The van der Waals surface area contributed by atoms with Crippen molar-refractivity contribution in [3.05, 3.63) is 63.9 Å². The van der Waals surface area contributed by atoms with Crippen molar-refractivity contribution in [2.75, 3.05) is 18.0 Å². The average Bonchev–Trinajstić information content (AvgIpc) is 2.97. The number of anilines is 1. The lowest BCUT2D eigenvalue weighted by atomic mass is 10.1. The molecule has 2 amide bonds. The van der Waals surface area contributed by atoms with Crippen LogP contribution in [-0.2, 0) is 16.0 Å². The molecule has 1 unspecified atom stereocenters. The predicted molar refractivity (Wildman–Crippen MR) is 104 cm³/mol. The molecule has 0 saturated carbocycles. The smallest absolute Gasteiger partial charge is 0.227 e. The molecule has 1 saturated heterocycles. The van der Waals surface area contributed by atoms with Crippen LogP contribution in [-0.4, -0.2) is 24.9 Å². The predicted octanol–water partition coefficient (Wildman–Crippen LogP) is 3.81. The molecule has 0 spiro atoms. The molecule has 0 radical (unpaired) electrons. The molecule has 1 aliphatic heterocycles. The van der Waals surface area contributed by atoms with Gasteiger partial charge in [0.05, 0.1) is 16.6 Å². The third-order valence-electron chi connectivity index (χ3n) is 4.79. The molecule has 0 aromatic heterocycles. The lowest BCUT2D eigenvalue weighted by Crippen LogP contribution is -2.34. The second kappa shape index (κ2) is 8.09. The number of nitrogens with one attached hydrogen (secondary N) is 1. The second-order valence-electron chi connectivity index (χ2n) is 6.99. The Labute approximate surface area is 163 Å². The number of hydrogen-bond acceptors (Lipinski definition) is 2. The van der Waals surface area contributed by atoms with Crippen molar-refractivity contribution in [2.24, 2.45) is 5.92 Å². The summed E-state index contributed by atoms with van der Waals surface area (Å²) < 4.78 is 12.9. The number of amides is 2. The first kappa shape index (κ1) is 19.4. The number of benzene rings is 2. The first-order chi connectivity index (χ1) is 12.8. The molecule has 0 aliphatic carbocycles. The van der Waals surface area contributed by atoms with E-state index in [1.807, 2.05) is 26.0 Å². The zero-order valence-corrected chi connectivity index (χ0v) is 16.1. The summed E-state index contributed by atoms with van der Waals surface area (Å²) in [5.41, 5.74) is 3.59. The highest BCUT2D eigenvalue weighted by molar-refractivity contribution is 6.34. The lowest BCUT2D eigenvalue weighted by molar-refractivity contribution is -0.126. The molecule has 6 heteroatoms. The molecule has 27 heavy (non-hydrogen) atoms. The summed E-state index contributed by atoms with van der Waals surface area (Å²) in [6.07, 6.45) is 0.783. The van der Waals surface area contributed by atoms with Gasteiger partial charge in [-0.1, -0.05) is 29.8 Å². The Morgan fingerprint density at radius 1 is 1.26 bits per heavy atom. The molecule has 1 heterocycles. The normalized spacial score (nSPS) is 16.7. The molecule has 1 aliphatic rings. The summed E-state index contributed by atoms with van der Waals surface area (Å²) in [6, 6.07) is 10.0. The minimum atomic E-state index is -0.400. The fourth-order valence-electron chi connectivity index (χ4n) is 3.47. The van der Waals surface area contributed by atoms with E-state index in [4.69, 9.17) is 11.6 Å². The van der Waals surface area contributed by atoms with Crippen LogP contribution in [0.3, 0.4) is 0 Å². The van der Waals surface area contributed by atoms with Crippen LogP contribution in [0.1, 0.15) is 23.1 Å². The molecule has 3 rings (SSSR count). The zero-order chi connectivity index (χ0) is 19.6. The van der Waals surface area contributed by atoms with Crippen LogP contribution >= 0.6 is 11.6 Å². The molecule has 4 nitrogen and oxygen atoms in total. The Bertz CT molecular complexity index is 844. The van der Waals surface area contributed by atoms with Gasteiger partial charge < -0.3 is 10.2 Å². The first-order valence-electron chi connectivity index (χ1n) is 8.94.